The number of benzene rings is 1. The van der Waals surface area contributed by atoms with E-state index in [1.165, 1.54) is 0 Å². The lowest BCUT2D eigenvalue weighted by atomic mass is 10.1. The summed E-state index contributed by atoms with van der Waals surface area (Å²) in [5.74, 6) is -0.0225. The highest BCUT2D eigenvalue weighted by atomic mass is 16.3. The second-order valence-electron chi connectivity index (χ2n) is 4.93. The summed E-state index contributed by atoms with van der Waals surface area (Å²) in [6.45, 7) is 6.20. The molecule has 19 heavy (non-hydrogen) atoms. The number of carbonyl (C=O) groups excluding carboxylic acids is 1. The molecule has 106 valence electrons. The molecular formula is C15H24N2O2. The highest BCUT2D eigenvalue weighted by Crippen LogP contribution is 2.17. The molecule has 0 bridgehead atoms. The minimum atomic E-state index is -0.0414. The van der Waals surface area contributed by atoms with E-state index in [0.29, 0.717) is 0 Å². The Hall–Kier alpha value is -1.55. The first-order valence-electron chi connectivity index (χ1n) is 6.80. The summed E-state index contributed by atoms with van der Waals surface area (Å²) >= 11 is 0. The van der Waals surface area contributed by atoms with E-state index in [-0.39, 0.29) is 31.1 Å². The van der Waals surface area contributed by atoms with Crippen LogP contribution in [0.2, 0.25) is 0 Å². The molecule has 0 aliphatic heterocycles. The standard InChI is InChI=1S/C15H24N2O2/c1-4-13(11-18)17(10-15(19)16-12(2)3)14-8-6-5-7-9-14/h5-9,12-13,18H,4,10-11H2,1-3H3,(H,16,19). The lowest BCUT2D eigenvalue weighted by Gasteiger charge is -2.31. The van der Waals surface area contributed by atoms with Gasteiger partial charge in [0.25, 0.3) is 0 Å². The molecule has 0 heterocycles. The van der Waals surface area contributed by atoms with Gasteiger partial charge in [0.05, 0.1) is 19.2 Å². The highest BCUT2D eigenvalue weighted by molar-refractivity contribution is 5.81. The lowest BCUT2D eigenvalue weighted by molar-refractivity contribution is -0.120. The van der Waals surface area contributed by atoms with Crippen LogP contribution in [0, 0.1) is 0 Å². The van der Waals surface area contributed by atoms with Crippen molar-refractivity contribution in [3.63, 3.8) is 0 Å². The first kappa shape index (κ1) is 15.5. The molecular weight excluding hydrogens is 240 g/mol. The molecule has 1 unspecified atom stereocenters. The van der Waals surface area contributed by atoms with E-state index in [9.17, 15) is 9.90 Å². The zero-order chi connectivity index (χ0) is 14.3. The van der Waals surface area contributed by atoms with Crippen LogP contribution in [0.25, 0.3) is 0 Å². The molecule has 4 heteroatoms. The van der Waals surface area contributed by atoms with Crippen molar-refractivity contribution in [3.8, 4) is 0 Å². The molecule has 1 atom stereocenters. The predicted octanol–water partition coefficient (Wildman–Crippen LogP) is 1.79. The third-order valence-electron chi connectivity index (χ3n) is 2.97. The Morgan fingerprint density at radius 3 is 2.42 bits per heavy atom. The van der Waals surface area contributed by atoms with Crippen molar-refractivity contribution < 1.29 is 9.90 Å². The largest absolute Gasteiger partial charge is 0.394 e. The van der Waals surface area contributed by atoms with E-state index < -0.39 is 0 Å². The van der Waals surface area contributed by atoms with E-state index in [0.717, 1.165) is 12.1 Å². The smallest absolute Gasteiger partial charge is 0.239 e. The molecule has 0 saturated heterocycles. The number of aliphatic hydroxyl groups excluding tert-OH is 1. The molecule has 1 amide bonds. The molecule has 1 rings (SSSR count). The zero-order valence-corrected chi connectivity index (χ0v) is 12.0. The summed E-state index contributed by atoms with van der Waals surface area (Å²) < 4.78 is 0. The van der Waals surface area contributed by atoms with Gasteiger partial charge in [0, 0.05) is 11.7 Å². The van der Waals surface area contributed by atoms with E-state index >= 15 is 0 Å². The molecule has 0 spiro atoms. The Labute approximate surface area is 115 Å². The quantitative estimate of drug-likeness (QED) is 0.789. The molecule has 0 saturated carbocycles. The van der Waals surface area contributed by atoms with Gasteiger partial charge in [-0.15, -0.1) is 0 Å². The Kier molecular flexibility index (Phi) is 6.36. The first-order valence-corrected chi connectivity index (χ1v) is 6.80. The molecule has 0 fully saturated rings. The SMILES string of the molecule is CCC(CO)N(CC(=O)NC(C)C)c1ccccc1. The summed E-state index contributed by atoms with van der Waals surface area (Å²) in [5.41, 5.74) is 0.960. The van der Waals surface area contributed by atoms with Gasteiger partial charge in [-0.25, -0.2) is 0 Å². The Morgan fingerprint density at radius 1 is 1.32 bits per heavy atom. The fourth-order valence-corrected chi connectivity index (χ4v) is 2.02. The van der Waals surface area contributed by atoms with Crippen molar-refractivity contribution in [2.45, 2.75) is 39.3 Å². The van der Waals surface area contributed by atoms with Crippen molar-refractivity contribution in [1.82, 2.24) is 5.32 Å². The van der Waals surface area contributed by atoms with E-state index in [2.05, 4.69) is 5.32 Å². The number of nitrogens with one attached hydrogen (secondary N) is 1. The number of anilines is 1. The van der Waals surface area contributed by atoms with Crippen LogP contribution >= 0.6 is 0 Å². The van der Waals surface area contributed by atoms with Crippen LogP contribution in [0.3, 0.4) is 0 Å². The molecule has 1 aromatic carbocycles. The molecule has 0 radical (unpaired) electrons. The van der Waals surface area contributed by atoms with Crippen molar-refractivity contribution >= 4 is 11.6 Å². The number of hydrogen-bond donors (Lipinski definition) is 2. The third-order valence-corrected chi connectivity index (χ3v) is 2.97. The average molecular weight is 264 g/mol. The highest BCUT2D eigenvalue weighted by Gasteiger charge is 2.19. The van der Waals surface area contributed by atoms with Gasteiger partial charge in [-0.2, -0.15) is 0 Å². The Morgan fingerprint density at radius 2 is 1.95 bits per heavy atom. The van der Waals surface area contributed by atoms with E-state index in [1.54, 1.807) is 0 Å². The van der Waals surface area contributed by atoms with Crippen LogP contribution in [0.4, 0.5) is 5.69 Å². The maximum Gasteiger partial charge on any atom is 0.239 e. The monoisotopic (exact) mass is 264 g/mol. The second kappa shape index (κ2) is 7.79. The summed E-state index contributed by atoms with van der Waals surface area (Å²) in [6.07, 6.45) is 0.792. The number of nitrogens with zero attached hydrogens (tertiary/aromatic N) is 1. The van der Waals surface area contributed by atoms with Gasteiger partial charge in [-0.3, -0.25) is 4.79 Å². The van der Waals surface area contributed by atoms with E-state index in [4.69, 9.17) is 0 Å². The summed E-state index contributed by atoms with van der Waals surface area (Å²) in [7, 11) is 0. The van der Waals surface area contributed by atoms with Gasteiger partial charge in [0.1, 0.15) is 0 Å². The van der Waals surface area contributed by atoms with Gasteiger partial charge in [0.15, 0.2) is 0 Å². The molecule has 4 nitrogen and oxygen atoms in total. The minimum absolute atomic E-state index is 0.0225. The molecule has 0 aliphatic carbocycles. The number of amides is 1. The van der Waals surface area contributed by atoms with Gasteiger partial charge < -0.3 is 15.3 Å². The maximum atomic E-state index is 11.9. The Balaban J connectivity index is 2.84. The number of rotatable bonds is 7. The first-order chi connectivity index (χ1) is 9.08. The van der Waals surface area contributed by atoms with Gasteiger partial charge in [-0.1, -0.05) is 25.1 Å². The summed E-state index contributed by atoms with van der Waals surface area (Å²) in [5, 5.41) is 12.4. The third kappa shape index (κ3) is 4.91. The van der Waals surface area contributed by atoms with Crippen molar-refractivity contribution in [2.24, 2.45) is 0 Å². The number of hydrogen-bond acceptors (Lipinski definition) is 3. The summed E-state index contributed by atoms with van der Waals surface area (Å²) in [4.78, 5) is 13.9. The molecule has 2 N–H and O–H groups in total. The van der Waals surface area contributed by atoms with Crippen LogP contribution in [-0.2, 0) is 4.79 Å². The fraction of sp³-hybridized carbons (Fsp3) is 0.533. The predicted molar refractivity (Wildman–Crippen MR) is 78.2 cm³/mol. The van der Waals surface area contributed by atoms with E-state index in [1.807, 2.05) is 56.0 Å². The second-order valence-corrected chi connectivity index (χ2v) is 4.93. The van der Waals surface area contributed by atoms with Crippen molar-refractivity contribution in [3.05, 3.63) is 30.3 Å². The van der Waals surface area contributed by atoms with Crippen LogP contribution < -0.4 is 10.2 Å². The normalized spacial score (nSPS) is 12.3. The maximum absolute atomic E-state index is 11.9. The van der Waals surface area contributed by atoms with Crippen LogP contribution in [0.1, 0.15) is 27.2 Å². The fourth-order valence-electron chi connectivity index (χ4n) is 2.02. The van der Waals surface area contributed by atoms with Crippen molar-refractivity contribution in [1.29, 1.82) is 0 Å². The topological polar surface area (TPSA) is 52.6 Å². The lowest BCUT2D eigenvalue weighted by Crippen LogP contribution is -2.46. The Bertz CT molecular complexity index is 375. The summed E-state index contributed by atoms with van der Waals surface area (Å²) in [6, 6.07) is 9.82. The number of carbonyl (C=O) groups is 1. The zero-order valence-electron chi connectivity index (χ0n) is 12.0. The van der Waals surface area contributed by atoms with Gasteiger partial charge >= 0.3 is 0 Å². The average Bonchev–Trinajstić information content (AvgIpc) is 2.39. The molecule has 1 aromatic rings. The number of para-hydroxylation sites is 1. The van der Waals surface area contributed by atoms with Crippen LogP contribution in [0.5, 0.6) is 0 Å². The van der Waals surface area contributed by atoms with Crippen LogP contribution in [0.15, 0.2) is 30.3 Å². The van der Waals surface area contributed by atoms with Gasteiger partial charge in [-0.05, 0) is 32.4 Å². The molecule has 0 aromatic heterocycles. The number of aliphatic hydroxyl groups is 1. The van der Waals surface area contributed by atoms with Gasteiger partial charge in [0.2, 0.25) is 5.91 Å². The minimum Gasteiger partial charge on any atom is -0.394 e. The van der Waals surface area contributed by atoms with Crippen LogP contribution in [-0.4, -0.2) is 36.2 Å². The molecule has 0 aliphatic rings. The van der Waals surface area contributed by atoms with Crippen molar-refractivity contribution in [2.75, 3.05) is 18.1 Å².